The van der Waals surface area contributed by atoms with Gasteiger partial charge in [-0.05, 0) is 57.4 Å². The van der Waals surface area contributed by atoms with Gasteiger partial charge in [0.05, 0.1) is 11.0 Å². The highest BCUT2D eigenvalue weighted by Crippen LogP contribution is 2.36. The summed E-state index contributed by atoms with van der Waals surface area (Å²) in [6.07, 6.45) is 6.91. The van der Waals surface area contributed by atoms with E-state index in [4.69, 9.17) is 4.74 Å². The number of fused-ring (bicyclic) bond motifs is 2. The van der Waals surface area contributed by atoms with Crippen LogP contribution in [0.1, 0.15) is 33.1 Å². The summed E-state index contributed by atoms with van der Waals surface area (Å²) in [6.45, 7) is 3.89. The molecule has 5 heteroatoms. The summed E-state index contributed by atoms with van der Waals surface area (Å²) in [5, 5.41) is 0. The van der Waals surface area contributed by atoms with Crippen LogP contribution in [0.2, 0.25) is 0 Å². The predicted octanol–water partition coefficient (Wildman–Crippen LogP) is 2.96. The Bertz CT molecular complexity index is 634. The highest BCUT2D eigenvalue weighted by Gasteiger charge is 2.42. The van der Waals surface area contributed by atoms with E-state index in [2.05, 4.69) is 6.08 Å². The van der Waals surface area contributed by atoms with Gasteiger partial charge in [0.2, 0.25) is 10.0 Å². The average Bonchev–Trinajstić information content (AvgIpc) is 2.70. The number of rotatable bonds is 4. The number of sulfonamides is 1. The summed E-state index contributed by atoms with van der Waals surface area (Å²) in [4.78, 5) is 0.353. The Kier molecular flexibility index (Phi) is 3.80. The fourth-order valence-electron chi connectivity index (χ4n) is 3.14. The van der Waals surface area contributed by atoms with Crippen LogP contribution in [0.4, 0.5) is 0 Å². The van der Waals surface area contributed by atoms with E-state index in [0.29, 0.717) is 10.6 Å². The minimum absolute atomic E-state index is 0.0281. The molecule has 2 heterocycles. The average molecular weight is 307 g/mol. The van der Waals surface area contributed by atoms with Gasteiger partial charge in [0.1, 0.15) is 5.75 Å². The van der Waals surface area contributed by atoms with Gasteiger partial charge in [-0.15, -0.1) is 0 Å². The summed E-state index contributed by atoms with van der Waals surface area (Å²) in [5.41, 5.74) is 0. The first kappa shape index (κ1) is 14.6. The molecule has 0 aromatic heterocycles. The quantitative estimate of drug-likeness (QED) is 0.804. The van der Waals surface area contributed by atoms with Crippen LogP contribution in [-0.4, -0.2) is 30.9 Å². The Balaban J connectivity index is 1.87. The first-order chi connectivity index (χ1) is 9.98. The normalized spacial score (nSPS) is 25.5. The van der Waals surface area contributed by atoms with Gasteiger partial charge in [-0.2, -0.15) is 4.31 Å². The molecule has 0 spiro atoms. The Morgan fingerprint density at radius 3 is 2.52 bits per heavy atom. The second-order valence-electron chi connectivity index (χ2n) is 5.94. The molecule has 0 aliphatic carbocycles. The van der Waals surface area contributed by atoms with E-state index >= 15 is 0 Å². The Morgan fingerprint density at radius 1 is 1.19 bits per heavy atom. The lowest BCUT2D eigenvalue weighted by molar-refractivity contribution is 0.242. The zero-order valence-corrected chi connectivity index (χ0v) is 13.2. The molecule has 0 amide bonds. The SMILES string of the molecule is CC(C)Oc1ccc(S(=O)(=O)N2C3C=CCC2CC3)cc1. The van der Waals surface area contributed by atoms with E-state index in [0.717, 1.165) is 19.3 Å². The summed E-state index contributed by atoms with van der Waals surface area (Å²) in [5.74, 6) is 0.700. The Labute approximate surface area is 126 Å². The van der Waals surface area contributed by atoms with E-state index in [1.807, 2.05) is 19.9 Å². The van der Waals surface area contributed by atoms with Crippen LogP contribution < -0.4 is 4.74 Å². The third-order valence-electron chi connectivity index (χ3n) is 4.02. The standard InChI is InChI=1S/C16H21NO3S/c1-12(2)20-15-8-10-16(11-9-15)21(18,19)17-13-4-3-5-14(17)7-6-13/h3-4,8-14H,5-7H2,1-2H3. The van der Waals surface area contributed by atoms with Gasteiger partial charge in [-0.1, -0.05) is 12.2 Å². The number of nitrogens with zero attached hydrogens (tertiary/aromatic N) is 1. The summed E-state index contributed by atoms with van der Waals surface area (Å²) >= 11 is 0. The molecule has 4 nitrogen and oxygen atoms in total. The first-order valence-corrected chi connectivity index (χ1v) is 8.89. The van der Waals surface area contributed by atoms with Gasteiger partial charge in [-0.25, -0.2) is 8.42 Å². The molecule has 1 aromatic rings. The summed E-state index contributed by atoms with van der Waals surface area (Å²) in [7, 11) is -3.42. The minimum atomic E-state index is -3.42. The van der Waals surface area contributed by atoms with Crippen LogP contribution in [-0.2, 0) is 10.0 Å². The second kappa shape index (κ2) is 5.46. The molecular weight excluding hydrogens is 286 g/mol. The van der Waals surface area contributed by atoms with Crippen LogP contribution in [0.3, 0.4) is 0 Å². The maximum Gasteiger partial charge on any atom is 0.243 e. The van der Waals surface area contributed by atoms with Crippen LogP contribution in [0.25, 0.3) is 0 Å². The number of ether oxygens (including phenoxy) is 1. The van der Waals surface area contributed by atoms with Gasteiger partial charge in [0.15, 0.2) is 0 Å². The highest BCUT2D eigenvalue weighted by atomic mass is 32.2. The van der Waals surface area contributed by atoms with Crippen molar-refractivity contribution >= 4 is 10.0 Å². The zero-order chi connectivity index (χ0) is 15.0. The molecule has 2 atom stereocenters. The van der Waals surface area contributed by atoms with E-state index < -0.39 is 10.0 Å². The van der Waals surface area contributed by atoms with E-state index in [1.54, 1.807) is 28.6 Å². The lowest BCUT2D eigenvalue weighted by Gasteiger charge is -2.30. The lowest BCUT2D eigenvalue weighted by atomic mass is 10.2. The third kappa shape index (κ3) is 2.72. The third-order valence-corrected chi connectivity index (χ3v) is 6.01. The molecule has 1 aromatic carbocycles. The number of hydrogen-bond acceptors (Lipinski definition) is 3. The van der Waals surface area contributed by atoms with Crippen molar-refractivity contribution in [3.63, 3.8) is 0 Å². The molecule has 21 heavy (non-hydrogen) atoms. The van der Waals surface area contributed by atoms with Crippen molar-refractivity contribution in [1.82, 2.24) is 4.31 Å². The van der Waals surface area contributed by atoms with Crippen molar-refractivity contribution in [3.8, 4) is 5.75 Å². The van der Waals surface area contributed by atoms with Gasteiger partial charge in [0, 0.05) is 12.1 Å². The van der Waals surface area contributed by atoms with E-state index in [1.165, 1.54) is 0 Å². The van der Waals surface area contributed by atoms with Crippen LogP contribution in [0.5, 0.6) is 5.75 Å². The van der Waals surface area contributed by atoms with E-state index in [9.17, 15) is 8.42 Å². The summed E-state index contributed by atoms with van der Waals surface area (Å²) < 4.78 is 32.9. The van der Waals surface area contributed by atoms with Crippen molar-refractivity contribution < 1.29 is 13.2 Å². The fourth-order valence-corrected chi connectivity index (χ4v) is 4.98. The largest absolute Gasteiger partial charge is 0.491 e. The maximum absolute atomic E-state index is 12.8. The van der Waals surface area contributed by atoms with Crippen molar-refractivity contribution in [2.45, 2.75) is 56.2 Å². The molecule has 1 saturated heterocycles. The molecule has 2 bridgehead atoms. The zero-order valence-electron chi connectivity index (χ0n) is 12.4. The van der Waals surface area contributed by atoms with Gasteiger partial charge in [-0.3, -0.25) is 0 Å². The molecule has 0 saturated carbocycles. The lowest BCUT2D eigenvalue weighted by Crippen LogP contribution is -2.41. The summed E-state index contributed by atoms with van der Waals surface area (Å²) in [6, 6.07) is 6.90. The van der Waals surface area contributed by atoms with Crippen molar-refractivity contribution in [3.05, 3.63) is 36.4 Å². The van der Waals surface area contributed by atoms with Gasteiger partial charge in [0.25, 0.3) is 0 Å². The number of benzene rings is 1. The predicted molar refractivity (Wildman–Crippen MR) is 81.8 cm³/mol. The van der Waals surface area contributed by atoms with Crippen molar-refractivity contribution in [2.24, 2.45) is 0 Å². The van der Waals surface area contributed by atoms with Crippen LogP contribution in [0, 0.1) is 0 Å². The maximum atomic E-state index is 12.8. The van der Waals surface area contributed by atoms with Gasteiger partial charge < -0.3 is 4.74 Å². The monoisotopic (exact) mass is 307 g/mol. The number of hydrogen-bond donors (Lipinski definition) is 0. The van der Waals surface area contributed by atoms with E-state index in [-0.39, 0.29) is 18.2 Å². The second-order valence-corrected chi connectivity index (χ2v) is 7.78. The topological polar surface area (TPSA) is 46.6 Å². The Hall–Kier alpha value is -1.33. The van der Waals surface area contributed by atoms with Gasteiger partial charge >= 0.3 is 0 Å². The molecule has 2 aliphatic heterocycles. The minimum Gasteiger partial charge on any atom is -0.491 e. The molecule has 0 N–H and O–H groups in total. The van der Waals surface area contributed by atoms with Crippen LogP contribution in [0.15, 0.2) is 41.3 Å². The van der Waals surface area contributed by atoms with Crippen LogP contribution >= 0.6 is 0 Å². The molecule has 1 fully saturated rings. The molecular formula is C16H21NO3S. The molecule has 114 valence electrons. The molecule has 3 rings (SSSR count). The molecule has 2 aliphatic rings. The molecule has 2 unspecified atom stereocenters. The Morgan fingerprint density at radius 2 is 1.90 bits per heavy atom. The fraction of sp³-hybridized carbons (Fsp3) is 0.500. The van der Waals surface area contributed by atoms with Crippen molar-refractivity contribution in [1.29, 1.82) is 0 Å². The highest BCUT2D eigenvalue weighted by molar-refractivity contribution is 7.89. The smallest absolute Gasteiger partial charge is 0.243 e. The molecule has 0 radical (unpaired) electrons. The van der Waals surface area contributed by atoms with Crippen molar-refractivity contribution in [2.75, 3.05) is 0 Å². The first-order valence-electron chi connectivity index (χ1n) is 7.45.